The van der Waals surface area contributed by atoms with Gasteiger partial charge >= 0.3 is 6.18 Å². The van der Waals surface area contributed by atoms with Crippen LogP contribution in [-0.2, 0) is 0 Å². The largest absolute Gasteiger partial charge is 0.390 e. The standard InChI is InChI=1S/C10H16F3NS/c1-7-2-3-8(6-9(7)15)14-5-4-10(11,12)13/h8,14-15H,2-6H2,1H3/t8-/m0/s1. The van der Waals surface area contributed by atoms with Gasteiger partial charge in [0, 0.05) is 12.6 Å². The van der Waals surface area contributed by atoms with Gasteiger partial charge in [0.05, 0.1) is 6.42 Å². The number of allylic oxidation sites excluding steroid dienone is 1. The first kappa shape index (κ1) is 12.9. The fraction of sp³-hybridized carbons (Fsp3) is 0.800. The van der Waals surface area contributed by atoms with Crippen LogP contribution in [0.5, 0.6) is 0 Å². The summed E-state index contributed by atoms with van der Waals surface area (Å²) in [6.45, 7) is 2.03. The lowest BCUT2D eigenvalue weighted by atomic mass is 9.96. The van der Waals surface area contributed by atoms with Crippen LogP contribution in [0.2, 0.25) is 0 Å². The summed E-state index contributed by atoms with van der Waals surface area (Å²) in [6, 6.07) is 0.156. The molecule has 0 aromatic carbocycles. The van der Waals surface area contributed by atoms with E-state index < -0.39 is 12.6 Å². The molecule has 0 unspecified atom stereocenters. The predicted molar refractivity (Wildman–Crippen MR) is 58.0 cm³/mol. The molecule has 5 heteroatoms. The fourth-order valence-corrected chi connectivity index (χ4v) is 1.97. The highest BCUT2D eigenvalue weighted by Gasteiger charge is 2.27. The van der Waals surface area contributed by atoms with E-state index in [-0.39, 0.29) is 12.6 Å². The monoisotopic (exact) mass is 239 g/mol. The summed E-state index contributed by atoms with van der Waals surface area (Å²) in [6.07, 6.45) is -2.21. The Labute approximate surface area is 93.5 Å². The molecule has 1 nitrogen and oxygen atoms in total. The molecule has 0 fully saturated rings. The van der Waals surface area contributed by atoms with Crippen LogP contribution < -0.4 is 5.32 Å². The van der Waals surface area contributed by atoms with E-state index in [1.807, 2.05) is 6.92 Å². The van der Waals surface area contributed by atoms with E-state index in [1.54, 1.807) is 0 Å². The lowest BCUT2D eigenvalue weighted by molar-refractivity contribution is -0.133. The molecule has 88 valence electrons. The van der Waals surface area contributed by atoms with Gasteiger partial charge in [-0.15, -0.1) is 12.6 Å². The van der Waals surface area contributed by atoms with E-state index in [0.29, 0.717) is 0 Å². The van der Waals surface area contributed by atoms with Gasteiger partial charge in [-0.1, -0.05) is 5.57 Å². The summed E-state index contributed by atoms with van der Waals surface area (Å²) in [4.78, 5) is 1.02. The third-order valence-electron chi connectivity index (χ3n) is 2.64. The van der Waals surface area contributed by atoms with Crippen LogP contribution in [0.1, 0.15) is 32.6 Å². The van der Waals surface area contributed by atoms with E-state index in [0.717, 1.165) is 24.2 Å². The van der Waals surface area contributed by atoms with Crippen molar-refractivity contribution in [2.45, 2.75) is 44.8 Å². The van der Waals surface area contributed by atoms with Gasteiger partial charge < -0.3 is 5.32 Å². The summed E-state index contributed by atoms with van der Waals surface area (Å²) in [5.74, 6) is 0. The highest BCUT2D eigenvalue weighted by atomic mass is 32.1. The molecular formula is C10H16F3NS. The van der Waals surface area contributed by atoms with Crippen molar-refractivity contribution < 1.29 is 13.2 Å². The minimum absolute atomic E-state index is 0.00821. The van der Waals surface area contributed by atoms with Crippen molar-refractivity contribution in [2.75, 3.05) is 6.54 Å². The van der Waals surface area contributed by atoms with E-state index in [2.05, 4.69) is 17.9 Å². The van der Waals surface area contributed by atoms with E-state index in [9.17, 15) is 13.2 Å². The molecule has 0 saturated carbocycles. The second-order valence-electron chi connectivity index (χ2n) is 3.99. The van der Waals surface area contributed by atoms with Crippen LogP contribution in [0.4, 0.5) is 13.2 Å². The molecular weight excluding hydrogens is 223 g/mol. The van der Waals surface area contributed by atoms with Crippen LogP contribution in [0, 0.1) is 0 Å². The van der Waals surface area contributed by atoms with Gasteiger partial charge in [-0.3, -0.25) is 0 Å². The number of thiol groups is 1. The number of hydrogen-bond donors (Lipinski definition) is 2. The maximum atomic E-state index is 11.9. The summed E-state index contributed by atoms with van der Waals surface area (Å²) < 4.78 is 35.7. The molecule has 15 heavy (non-hydrogen) atoms. The van der Waals surface area contributed by atoms with Crippen molar-refractivity contribution in [1.82, 2.24) is 5.32 Å². The second-order valence-corrected chi connectivity index (χ2v) is 4.53. The number of rotatable bonds is 3. The molecule has 0 bridgehead atoms. The van der Waals surface area contributed by atoms with Crippen LogP contribution in [-0.4, -0.2) is 18.8 Å². The summed E-state index contributed by atoms with van der Waals surface area (Å²) in [5.41, 5.74) is 1.26. The van der Waals surface area contributed by atoms with Crippen LogP contribution in [0.3, 0.4) is 0 Å². The van der Waals surface area contributed by atoms with Crippen molar-refractivity contribution in [3.63, 3.8) is 0 Å². The van der Waals surface area contributed by atoms with Gasteiger partial charge in [0.15, 0.2) is 0 Å². The molecule has 0 aliphatic heterocycles. The molecule has 0 aromatic rings. The van der Waals surface area contributed by atoms with E-state index >= 15 is 0 Å². The summed E-state index contributed by atoms with van der Waals surface area (Å²) in [5, 5.41) is 2.93. The number of halogens is 3. The Bertz CT molecular complexity index is 248. The van der Waals surface area contributed by atoms with E-state index in [1.165, 1.54) is 5.57 Å². The summed E-state index contributed by atoms with van der Waals surface area (Å²) in [7, 11) is 0. The number of nitrogens with one attached hydrogen (secondary N) is 1. The highest BCUT2D eigenvalue weighted by Crippen LogP contribution is 2.27. The zero-order valence-corrected chi connectivity index (χ0v) is 9.59. The van der Waals surface area contributed by atoms with Crippen molar-refractivity contribution in [3.05, 3.63) is 10.5 Å². The van der Waals surface area contributed by atoms with Gasteiger partial charge in [0.1, 0.15) is 0 Å². The molecule has 0 saturated heterocycles. The zero-order valence-electron chi connectivity index (χ0n) is 8.69. The van der Waals surface area contributed by atoms with Crippen LogP contribution in [0.25, 0.3) is 0 Å². The lowest BCUT2D eigenvalue weighted by Gasteiger charge is -2.24. The first-order chi connectivity index (χ1) is 6.88. The Kier molecular flexibility index (Phi) is 4.52. The van der Waals surface area contributed by atoms with E-state index in [4.69, 9.17) is 0 Å². The third-order valence-corrected chi connectivity index (χ3v) is 3.21. The Balaban J connectivity index is 2.25. The topological polar surface area (TPSA) is 12.0 Å². The minimum Gasteiger partial charge on any atom is -0.313 e. The number of hydrogen-bond acceptors (Lipinski definition) is 2. The molecule has 0 radical (unpaired) electrons. The van der Waals surface area contributed by atoms with Crippen LogP contribution >= 0.6 is 12.6 Å². The molecule has 0 spiro atoms. The average Bonchev–Trinajstić information content (AvgIpc) is 2.09. The van der Waals surface area contributed by atoms with Crippen molar-refractivity contribution in [1.29, 1.82) is 0 Å². The quantitative estimate of drug-likeness (QED) is 0.720. The van der Waals surface area contributed by atoms with Crippen molar-refractivity contribution >= 4 is 12.6 Å². The molecule has 1 aliphatic rings. The smallest absolute Gasteiger partial charge is 0.313 e. The molecule has 1 N–H and O–H groups in total. The van der Waals surface area contributed by atoms with Gasteiger partial charge in [0.2, 0.25) is 0 Å². The molecule has 1 aliphatic carbocycles. The van der Waals surface area contributed by atoms with Gasteiger partial charge in [0.25, 0.3) is 0 Å². The van der Waals surface area contributed by atoms with Crippen molar-refractivity contribution in [2.24, 2.45) is 0 Å². The van der Waals surface area contributed by atoms with Crippen molar-refractivity contribution in [3.8, 4) is 0 Å². The molecule has 0 aromatic heterocycles. The van der Waals surface area contributed by atoms with Gasteiger partial charge in [-0.25, -0.2) is 0 Å². The van der Waals surface area contributed by atoms with Crippen LogP contribution in [0.15, 0.2) is 10.5 Å². The van der Waals surface area contributed by atoms with Gasteiger partial charge in [-0.05, 0) is 31.1 Å². The summed E-state index contributed by atoms with van der Waals surface area (Å²) >= 11 is 4.31. The predicted octanol–water partition coefficient (Wildman–Crippen LogP) is 3.28. The lowest BCUT2D eigenvalue weighted by Crippen LogP contribution is -2.33. The maximum Gasteiger partial charge on any atom is 0.390 e. The zero-order chi connectivity index (χ0) is 11.5. The second kappa shape index (κ2) is 5.25. The number of alkyl halides is 3. The Morgan fingerprint density at radius 2 is 2.13 bits per heavy atom. The maximum absolute atomic E-state index is 11.9. The normalized spacial score (nSPS) is 23.4. The highest BCUT2D eigenvalue weighted by molar-refractivity contribution is 7.84. The Hall–Kier alpha value is -0.160. The fourth-order valence-electron chi connectivity index (χ4n) is 1.64. The molecule has 0 heterocycles. The molecule has 1 rings (SSSR count). The Morgan fingerprint density at radius 1 is 1.47 bits per heavy atom. The minimum atomic E-state index is -4.06. The molecule has 1 atom stereocenters. The van der Waals surface area contributed by atoms with Gasteiger partial charge in [-0.2, -0.15) is 13.2 Å². The molecule has 0 amide bonds. The average molecular weight is 239 g/mol. The first-order valence-corrected chi connectivity index (χ1v) is 5.51. The third kappa shape index (κ3) is 4.93. The SMILES string of the molecule is CC1=C(S)C[C@@H](NCCC(F)(F)F)CC1. The Morgan fingerprint density at radius 3 is 2.67 bits per heavy atom. The first-order valence-electron chi connectivity index (χ1n) is 5.06.